The van der Waals surface area contributed by atoms with Gasteiger partial charge in [-0.1, -0.05) is 52.0 Å². The number of amides is 1. The number of ether oxygens (including phenoxy) is 2. The number of carbonyl (C=O) groups is 3. The van der Waals surface area contributed by atoms with Crippen LogP contribution in [-0.2, 0) is 26.2 Å². The Kier molecular flexibility index (Phi) is 8.14. The molecule has 1 N–H and O–H groups in total. The van der Waals surface area contributed by atoms with E-state index in [9.17, 15) is 19.5 Å². The summed E-state index contributed by atoms with van der Waals surface area (Å²) in [6.07, 6.45) is 0.820. The fraction of sp³-hybridized carbons (Fsp3) is 0.303. The monoisotopic (exact) mass is 541 g/mol. The molecule has 3 aromatic carbocycles. The number of esters is 1. The third-order valence-corrected chi connectivity index (χ3v) is 6.86. The average Bonchev–Trinajstić information content (AvgIpc) is 3.18. The largest absolute Gasteiger partial charge is 0.507 e. The van der Waals surface area contributed by atoms with Gasteiger partial charge in [0.1, 0.15) is 17.3 Å². The molecule has 1 fully saturated rings. The second-order valence-corrected chi connectivity index (χ2v) is 10.7. The molecule has 7 nitrogen and oxygen atoms in total. The molecule has 0 aliphatic carbocycles. The summed E-state index contributed by atoms with van der Waals surface area (Å²) in [7, 11) is 0. The van der Waals surface area contributed by atoms with Crippen LogP contribution in [0, 0.1) is 0 Å². The first-order valence-electron chi connectivity index (χ1n) is 13.4. The number of ketones is 1. The van der Waals surface area contributed by atoms with Crippen LogP contribution in [0.1, 0.15) is 69.8 Å². The third-order valence-electron chi connectivity index (χ3n) is 6.86. The van der Waals surface area contributed by atoms with E-state index in [1.54, 1.807) is 54.6 Å². The zero-order chi connectivity index (χ0) is 29.2. The first-order valence-corrected chi connectivity index (χ1v) is 13.4. The van der Waals surface area contributed by atoms with Crippen LogP contribution in [0.4, 0.5) is 5.69 Å². The Balaban J connectivity index is 1.95. The van der Waals surface area contributed by atoms with Crippen molar-refractivity contribution in [3.05, 3.63) is 94.6 Å². The molecule has 1 aliphatic heterocycles. The maximum Gasteiger partial charge on any atom is 0.308 e. The van der Waals surface area contributed by atoms with Crippen LogP contribution in [-0.4, -0.2) is 29.4 Å². The molecule has 4 rings (SSSR count). The molecule has 1 unspecified atom stereocenters. The summed E-state index contributed by atoms with van der Waals surface area (Å²) in [6, 6.07) is 18.4. The van der Waals surface area contributed by atoms with Crippen molar-refractivity contribution in [2.75, 3.05) is 11.5 Å². The summed E-state index contributed by atoms with van der Waals surface area (Å²) in [5.41, 5.74) is 3.01. The van der Waals surface area contributed by atoms with Gasteiger partial charge in [0.25, 0.3) is 11.7 Å². The summed E-state index contributed by atoms with van der Waals surface area (Å²) in [6.45, 7) is 11.8. The van der Waals surface area contributed by atoms with Crippen LogP contribution < -0.4 is 14.4 Å². The zero-order valence-corrected chi connectivity index (χ0v) is 23.8. The van der Waals surface area contributed by atoms with Gasteiger partial charge in [0.2, 0.25) is 0 Å². The second kappa shape index (κ2) is 11.4. The van der Waals surface area contributed by atoms with Crippen molar-refractivity contribution in [3.63, 3.8) is 0 Å². The highest BCUT2D eigenvalue weighted by Gasteiger charge is 2.47. The predicted octanol–water partition coefficient (Wildman–Crippen LogP) is 6.50. The maximum atomic E-state index is 13.6. The Bertz CT molecular complexity index is 1480. The number of aryl methyl sites for hydroxylation is 1. The highest BCUT2D eigenvalue weighted by Crippen LogP contribution is 2.44. The smallest absolute Gasteiger partial charge is 0.308 e. The minimum Gasteiger partial charge on any atom is -0.507 e. The molecule has 0 saturated carbocycles. The van der Waals surface area contributed by atoms with Crippen LogP contribution in [0.2, 0.25) is 0 Å². The molecule has 0 radical (unpaired) electrons. The van der Waals surface area contributed by atoms with Gasteiger partial charge in [-0.25, -0.2) is 0 Å². The lowest BCUT2D eigenvalue weighted by Crippen LogP contribution is -2.29. The minimum atomic E-state index is -0.951. The van der Waals surface area contributed by atoms with E-state index in [0.29, 0.717) is 29.2 Å². The fourth-order valence-corrected chi connectivity index (χ4v) is 4.92. The maximum absolute atomic E-state index is 13.6. The topological polar surface area (TPSA) is 93.1 Å². The molecule has 40 heavy (non-hydrogen) atoms. The highest BCUT2D eigenvalue weighted by molar-refractivity contribution is 6.51. The van der Waals surface area contributed by atoms with E-state index in [0.717, 1.165) is 17.5 Å². The molecule has 0 aromatic heterocycles. The zero-order valence-electron chi connectivity index (χ0n) is 23.8. The summed E-state index contributed by atoms with van der Waals surface area (Å²) in [5.74, 6) is -1.38. The van der Waals surface area contributed by atoms with E-state index >= 15 is 0 Å². The van der Waals surface area contributed by atoms with Crippen LogP contribution in [0.3, 0.4) is 0 Å². The summed E-state index contributed by atoms with van der Waals surface area (Å²) in [5, 5.41) is 11.7. The van der Waals surface area contributed by atoms with Gasteiger partial charge in [0.05, 0.1) is 18.2 Å². The minimum absolute atomic E-state index is 0.0476. The predicted molar refractivity (Wildman–Crippen MR) is 155 cm³/mol. The summed E-state index contributed by atoms with van der Waals surface area (Å²) in [4.78, 5) is 40.2. The van der Waals surface area contributed by atoms with E-state index in [1.807, 2.05) is 46.8 Å². The van der Waals surface area contributed by atoms with Gasteiger partial charge >= 0.3 is 5.97 Å². The molecule has 1 heterocycles. The van der Waals surface area contributed by atoms with Crippen molar-refractivity contribution in [1.82, 2.24) is 0 Å². The quantitative estimate of drug-likeness (QED) is 0.121. The highest BCUT2D eigenvalue weighted by atomic mass is 16.5. The second-order valence-electron chi connectivity index (χ2n) is 10.7. The average molecular weight is 542 g/mol. The lowest BCUT2D eigenvalue weighted by atomic mass is 9.84. The standard InChI is InChI=1S/C33H35NO6/c1-7-21-12-15-24(16-13-21)34-29(22-10-9-11-25(18-22)40-20(3)35)28(31(37)32(34)38)30(36)23-14-17-27(39-8-2)26(19-23)33(4,5)6/h9-19,29,36H,7-8H2,1-6H3/b30-28+. The molecule has 1 amide bonds. The van der Waals surface area contributed by atoms with Crippen molar-refractivity contribution in [2.45, 2.75) is 59.4 Å². The molecule has 1 aliphatic rings. The van der Waals surface area contributed by atoms with E-state index in [-0.39, 0.29) is 22.5 Å². The molecule has 0 spiro atoms. The van der Waals surface area contributed by atoms with Crippen LogP contribution in [0.25, 0.3) is 5.76 Å². The Hall–Kier alpha value is -4.39. The van der Waals surface area contributed by atoms with E-state index < -0.39 is 23.7 Å². The summed E-state index contributed by atoms with van der Waals surface area (Å²) >= 11 is 0. The number of rotatable bonds is 7. The molecule has 1 saturated heterocycles. The number of benzene rings is 3. The van der Waals surface area contributed by atoms with Crippen LogP contribution in [0.5, 0.6) is 11.5 Å². The van der Waals surface area contributed by atoms with Gasteiger partial charge in [-0.3, -0.25) is 19.3 Å². The van der Waals surface area contributed by atoms with Crippen molar-refractivity contribution in [3.8, 4) is 11.5 Å². The molecule has 3 aromatic rings. The first kappa shape index (κ1) is 28.6. The van der Waals surface area contributed by atoms with E-state index in [1.165, 1.54) is 11.8 Å². The number of aliphatic hydroxyl groups excluding tert-OH is 1. The van der Waals surface area contributed by atoms with Gasteiger partial charge in [-0.15, -0.1) is 0 Å². The first-order chi connectivity index (χ1) is 19.0. The summed E-state index contributed by atoms with van der Waals surface area (Å²) < 4.78 is 11.1. The Morgan fingerprint density at radius 3 is 2.27 bits per heavy atom. The number of Topliss-reactive ketones (excluding diaryl/α,β-unsaturated/α-hetero) is 1. The molecule has 7 heteroatoms. The molecule has 208 valence electrons. The number of hydrogen-bond acceptors (Lipinski definition) is 6. The van der Waals surface area contributed by atoms with Gasteiger partial charge in [0, 0.05) is 23.7 Å². The molecule has 1 atom stereocenters. The molecule has 0 bridgehead atoms. The third kappa shape index (κ3) is 5.64. The SMILES string of the molecule is CCOc1ccc(/C(O)=C2\C(=O)C(=O)N(c3ccc(CC)cc3)C2c2cccc(OC(C)=O)c2)cc1C(C)(C)C. The number of anilines is 1. The number of hydrogen-bond donors (Lipinski definition) is 1. The molecular formula is C33H35NO6. The van der Waals surface area contributed by atoms with Crippen molar-refractivity contribution in [2.24, 2.45) is 0 Å². The lowest BCUT2D eigenvalue weighted by Gasteiger charge is -2.26. The van der Waals surface area contributed by atoms with Crippen LogP contribution in [0.15, 0.2) is 72.3 Å². The van der Waals surface area contributed by atoms with Crippen molar-refractivity contribution >= 4 is 29.1 Å². The van der Waals surface area contributed by atoms with Crippen LogP contribution >= 0.6 is 0 Å². The van der Waals surface area contributed by atoms with Gasteiger partial charge in [-0.2, -0.15) is 0 Å². The van der Waals surface area contributed by atoms with E-state index in [2.05, 4.69) is 0 Å². The Morgan fingerprint density at radius 2 is 1.68 bits per heavy atom. The number of nitrogens with zero attached hydrogens (tertiary/aromatic N) is 1. The number of carbonyl (C=O) groups excluding carboxylic acids is 3. The Morgan fingerprint density at radius 1 is 0.975 bits per heavy atom. The van der Waals surface area contributed by atoms with E-state index in [4.69, 9.17) is 9.47 Å². The Labute approximate surface area is 235 Å². The van der Waals surface area contributed by atoms with Gasteiger partial charge < -0.3 is 14.6 Å². The molecular weight excluding hydrogens is 506 g/mol. The van der Waals surface area contributed by atoms with Crippen molar-refractivity contribution < 1.29 is 29.0 Å². The van der Waals surface area contributed by atoms with Gasteiger partial charge in [0.15, 0.2) is 0 Å². The fourth-order valence-electron chi connectivity index (χ4n) is 4.92. The van der Waals surface area contributed by atoms with Crippen molar-refractivity contribution in [1.29, 1.82) is 0 Å². The normalized spacial score (nSPS) is 16.8. The van der Waals surface area contributed by atoms with Gasteiger partial charge in [-0.05, 0) is 72.4 Å². The number of aliphatic hydroxyl groups is 1. The lowest BCUT2D eigenvalue weighted by molar-refractivity contribution is -0.132.